The molecule has 138 valence electrons. The van der Waals surface area contributed by atoms with Gasteiger partial charge in [0.15, 0.2) is 0 Å². The second-order valence-corrected chi connectivity index (χ2v) is 7.70. The van der Waals surface area contributed by atoms with E-state index in [1.807, 2.05) is 12.4 Å². The van der Waals surface area contributed by atoms with Crippen LogP contribution in [0.2, 0.25) is 0 Å². The molecule has 0 bridgehead atoms. The predicted molar refractivity (Wildman–Crippen MR) is 105 cm³/mol. The first-order valence-electron chi connectivity index (χ1n) is 9.73. The van der Waals surface area contributed by atoms with Crippen molar-refractivity contribution in [3.8, 4) is 0 Å². The first-order chi connectivity index (χ1) is 12.7. The van der Waals surface area contributed by atoms with E-state index >= 15 is 0 Å². The topological polar surface area (TPSA) is 73.1 Å². The van der Waals surface area contributed by atoms with E-state index in [-0.39, 0.29) is 0 Å². The maximum atomic E-state index is 5.98. The van der Waals surface area contributed by atoms with Crippen LogP contribution in [0.15, 0.2) is 30.6 Å². The molecule has 2 aliphatic rings. The standard InChI is InChI=1S/C21H28N4O/c1-14-8-18(9-14)23-12-17(11-22)21-13-24-19-3-2-16(10-20(19)25-21)15-4-6-26-7-5-15/h2-3,10,12-15,18,23H,4-9,11,22H2,1H3/b17-12+. The Kier molecular flexibility index (Phi) is 5.18. The summed E-state index contributed by atoms with van der Waals surface area (Å²) < 4.78 is 5.48. The van der Waals surface area contributed by atoms with E-state index in [1.165, 1.54) is 18.4 Å². The Labute approximate surface area is 155 Å². The largest absolute Gasteiger partial charge is 0.388 e. The number of hydrogen-bond donors (Lipinski definition) is 2. The third-order valence-corrected chi connectivity index (χ3v) is 5.67. The quantitative estimate of drug-likeness (QED) is 0.864. The Morgan fingerprint density at radius 2 is 2.08 bits per heavy atom. The molecule has 5 heteroatoms. The monoisotopic (exact) mass is 352 g/mol. The molecule has 1 aromatic heterocycles. The van der Waals surface area contributed by atoms with Gasteiger partial charge in [0.2, 0.25) is 0 Å². The Balaban J connectivity index is 1.57. The second kappa shape index (κ2) is 7.72. The Hall–Kier alpha value is -1.98. The molecule has 2 fully saturated rings. The van der Waals surface area contributed by atoms with Gasteiger partial charge in [-0.15, -0.1) is 0 Å². The van der Waals surface area contributed by atoms with Crippen molar-refractivity contribution in [2.24, 2.45) is 11.7 Å². The Morgan fingerprint density at radius 1 is 1.27 bits per heavy atom. The van der Waals surface area contributed by atoms with Gasteiger partial charge < -0.3 is 15.8 Å². The van der Waals surface area contributed by atoms with Crippen LogP contribution in [0.3, 0.4) is 0 Å². The lowest BCUT2D eigenvalue weighted by atomic mass is 9.82. The number of benzene rings is 1. The number of aromatic nitrogens is 2. The molecular weight excluding hydrogens is 324 g/mol. The molecule has 0 amide bonds. The number of nitrogens with one attached hydrogen (secondary N) is 1. The van der Waals surface area contributed by atoms with Gasteiger partial charge >= 0.3 is 0 Å². The number of rotatable bonds is 5. The molecule has 0 spiro atoms. The van der Waals surface area contributed by atoms with Crippen molar-refractivity contribution in [3.63, 3.8) is 0 Å². The van der Waals surface area contributed by atoms with Crippen LogP contribution < -0.4 is 11.1 Å². The van der Waals surface area contributed by atoms with Gasteiger partial charge in [0.25, 0.3) is 0 Å². The molecule has 4 rings (SSSR count). The van der Waals surface area contributed by atoms with Crippen molar-refractivity contribution in [2.75, 3.05) is 19.8 Å². The fourth-order valence-electron chi connectivity index (χ4n) is 3.96. The van der Waals surface area contributed by atoms with Crippen LogP contribution in [0.4, 0.5) is 0 Å². The highest BCUT2D eigenvalue weighted by molar-refractivity contribution is 5.77. The number of hydrogen-bond acceptors (Lipinski definition) is 5. The highest BCUT2D eigenvalue weighted by Gasteiger charge is 2.24. The summed E-state index contributed by atoms with van der Waals surface area (Å²) in [4.78, 5) is 9.45. The summed E-state index contributed by atoms with van der Waals surface area (Å²) in [5.74, 6) is 1.39. The third-order valence-electron chi connectivity index (χ3n) is 5.67. The SMILES string of the molecule is CC1CC(N/C=C(\CN)c2cnc3ccc(C4CCOCC4)cc3n2)C1. The van der Waals surface area contributed by atoms with Crippen molar-refractivity contribution in [3.05, 3.63) is 41.9 Å². The van der Waals surface area contributed by atoms with Crippen molar-refractivity contribution < 1.29 is 4.74 Å². The zero-order valence-corrected chi connectivity index (χ0v) is 15.4. The lowest BCUT2D eigenvalue weighted by molar-refractivity contribution is 0.0853. The Morgan fingerprint density at radius 3 is 2.81 bits per heavy atom. The van der Waals surface area contributed by atoms with Crippen LogP contribution in [0.1, 0.15) is 49.8 Å². The molecule has 5 nitrogen and oxygen atoms in total. The Bertz CT molecular complexity index is 792. The molecule has 1 aliphatic heterocycles. The zero-order chi connectivity index (χ0) is 17.9. The molecule has 2 heterocycles. The number of fused-ring (bicyclic) bond motifs is 1. The van der Waals surface area contributed by atoms with Crippen LogP contribution in [0.5, 0.6) is 0 Å². The minimum absolute atomic E-state index is 0.453. The van der Waals surface area contributed by atoms with E-state index in [2.05, 4.69) is 35.4 Å². The molecule has 1 saturated carbocycles. The smallest absolute Gasteiger partial charge is 0.0897 e. The van der Waals surface area contributed by atoms with E-state index in [4.69, 9.17) is 15.5 Å². The van der Waals surface area contributed by atoms with Crippen molar-refractivity contribution in [1.82, 2.24) is 15.3 Å². The van der Waals surface area contributed by atoms with Crippen LogP contribution in [-0.4, -0.2) is 35.8 Å². The minimum atomic E-state index is 0.453. The normalized spacial score (nSPS) is 24.5. The van der Waals surface area contributed by atoms with Crippen molar-refractivity contribution in [1.29, 1.82) is 0 Å². The van der Waals surface area contributed by atoms with Gasteiger partial charge in [0.1, 0.15) is 0 Å². The summed E-state index contributed by atoms with van der Waals surface area (Å²) in [6, 6.07) is 7.03. The van der Waals surface area contributed by atoms with Gasteiger partial charge in [-0.3, -0.25) is 4.98 Å². The molecule has 0 radical (unpaired) electrons. The van der Waals surface area contributed by atoms with Crippen molar-refractivity contribution in [2.45, 2.75) is 44.6 Å². The maximum Gasteiger partial charge on any atom is 0.0897 e. The van der Waals surface area contributed by atoms with E-state index < -0.39 is 0 Å². The molecule has 1 aliphatic carbocycles. The number of ether oxygens (including phenoxy) is 1. The van der Waals surface area contributed by atoms with Crippen LogP contribution in [-0.2, 0) is 4.74 Å². The van der Waals surface area contributed by atoms with Crippen LogP contribution in [0.25, 0.3) is 16.6 Å². The van der Waals surface area contributed by atoms with E-state index in [1.54, 1.807) is 0 Å². The predicted octanol–water partition coefficient (Wildman–Crippen LogP) is 3.21. The fourth-order valence-corrected chi connectivity index (χ4v) is 3.96. The van der Waals surface area contributed by atoms with E-state index in [9.17, 15) is 0 Å². The van der Waals surface area contributed by atoms with Crippen LogP contribution in [0, 0.1) is 5.92 Å². The molecule has 2 aromatic rings. The highest BCUT2D eigenvalue weighted by atomic mass is 16.5. The first kappa shape index (κ1) is 17.4. The summed E-state index contributed by atoms with van der Waals surface area (Å²) in [6.45, 7) is 4.44. The summed E-state index contributed by atoms with van der Waals surface area (Å²) in [6.07, 6.45) is 8.49. The average molecular weight is 352 g/mol. The van der Waals surface area contributed by atoms with Gasteiger partial charge in [-0.05, 0) is 55.2 Å². The molecule has 1 aromatic carbocycles. The lowest BCUT2D eigenvalue weighted by Crippen LogP contribution is -2.37. The van der Waals surface area contributed by atoms with Gasteiger partial charge in [-0.1, -0.05) is 13.0 Å². The summed E-state index contributed by atoms with van der Waals surface area (Å²) in [7, 11) is 0. The van der Waals surface area contributed by atoms with Gasteiger partial charge in [0.05, 0.1) is 22.9 Å². The minimum Gasteiger partial charge on any atom is -0.388 e. The lowest BCUT2D eigenvalue weighted by Gasteiger charge is -2.33. The summed E-state index contributed by atoms with van der Waals surface area (Å²) in [5.41, 5.74) is 11.1. The van der Waals surface area contributed by atoms with Gasteiger partial charge in [-0.25, -0.2) is 4.98 Å². The summed E-state index contributed by atoms with van der Waals surface area (Å²) >= 11 is 0. The van der Waals surface area contributed by atoms with E-state index in [0.29, 0.717) is 18.5 Å². The molecule has 26 heavy (non-hydrogen) atoms. The first-order valence-corrected chi connectivity index (χ1v) is 9.73. The maximum absolute atomic E-state index is 5.98. The molecular formula is C21H28N4O. The molecule has 0 atom stereocenters. The van der Waals surface area contributed by atoms with Gasteiger partial charge in [0, 0.05) is 37.6 Å². The molecule has 0 unspecified atom stereocenters. The second-order valence-electron chi connectivity index (χ2n) is 7.70. The zero-order valence-electron chi connectivity index (χ0n) is 15.4. The number of nitrogens with two attached hydrogens (primary N) is 1. The van der Waals surface area contributed by atoms with Gasteiger partial charge in [-0.2, -0.15) is 0 Å². The average Bonchev–Trinajstić information content (AvgIpc) is 2.67. The molecule has 1 saturated heterocycles. The van der Waals surface area contributed by atoms with E-state index in [0.717, 1.165) is 54.3 Å². The fraction of sp³-hybridized carbons (Fsp3) is 0.524. The van der Waals surface area contributed by atoms with Crippen LogP contribution >= 0.6 is 0 Å². The highest BCUT2D eigenvalue weighted by Crippen LogP contribution is 2.29. The summed E-state index contributed by atoms with van der Waals surface area (Å²) in [5, 5.41) is 3.49. The third kappa shape index (κ3) is 3.74. The number of nitrogens with zero attached hydrogens (tertiary/aromatic N) is 2. The molecule has 3 N–H and O–H groups in total. The van der Waals surface area contributed by atoms with Crippen molar-refractivity contribution >= 4 is 16.6 Å².